The van der Waals surface area contributed by atoms with Crippen LogP contribution in [-0.4, -0.2) is 17.6 Å². The number of halogens is 1. The molecule has 1 heterocycles. The lowest BCUT2D eigenvalue weighted by Crippen LogP contribution is -2.31. The van der Waals surface area contributed by atoms with E-state index in [1.165, 1.54) is 19.1 Å². The van der Waals surface area contributed by atoms with Crippen molar-refractivity contribution in [2.75, 3.05) is 6.61 Å². The Labute approximate surface area is 124 Å². The molecule has 0 spiro atoms. The van der Waals surface area contributed by atoms with Crippen LogP contribution in [0.1, 0.15) is 57.4 Å². The molecule has 1 aliphatic rings. The number of nitrogens with one attached hydrogen (secondary N) is 1. The van der Waals surface area contributed by atoms with Gasteiger partial charge >= 0.3 is 0 Å². The molecule has 21 heavy (non-hydrogen) atoms. The Kier molecular flexibility index (Phi) is 4.23. The summed E-state index contributed by atoms with van der Waals surface area (Å²) in [6.45, 7) is 7.49. The van der Waals surface area contributed by atoms with Gasteiger partial charge in [0, 0.05) is 24.5 Å². The summed E-state index contributed by atoms with van der Waals surface area (Å²) in [6.07, 6.45) is -0.265. The highest BCUT2D eigenvalue weighted by Gasteiger charge is 2.32. The minimum absolute atomic E-state index is 0.171. The average molecular weight is 295 g/mol. The van der Waals surface area contributed by atoms with E-state index in [-0.39, 0.29) is 11.9 Å². The number of carbonyl (C=O) groups is 1. The quantitative estimate of drug-likeness (QED) is 0.882. The van der Waals surface area contributed by atoms with E-state index < -0.39 is 17.3 Å². The van der Waals surface area contributed by atoms with Crippen molar-refractivity contribution < 1.29 is 19.0 Å². The maximum atomic E-state index is 13.9. The maximum Gasteiger partial charge on any atom is 0.217 e. The number of fused-ring (bicyclic) bond motifs is 1. The van der Waals surface area contributed by atoms with Crippen LogP contribution in [0.5, 0.6) is 5.75 Å². The first-order valence-electron chi connectivity index (χ1n) is 7.11. The Bertz CT molecular complexity index is 551. The summed E-state index contributed by atoms with van der Waals surface area (Å²) in [6, 6.07) is 2.40. The molecule has 0 saturated heterocycles. The molecule has 1 amide bonds. The Morgan fingerprint density at radius 3 is 2.71 bits per heavy atom. The van der Waals surface area contributed by atoms with Crippen LogP contribution in [0, 0.1) is 11.2 Å². The fourth-order valence-corrected chi connectivity index (χ4v) is 2.56. The van der Waals surface area contributed by atoms with E-state index in [4.69, 9.17) is 4.74 Å². The van der Waals surface area contributed by atoms with Crippen molar-refractivity contribution in [3.05, 3.63) is 29.1 Å². The lowest BCUT2D eigenvalue weighted by atomic mass is 9.82. The third kappa shape index (κ3) is 3.35. The zero-order chi connectivity index (χ0) is 15.8. The number of aliphatic hydroxyl groups excluding tert-OH is 1. The topological polar surface area (TPSA) is 58.6 Å². The SMILES string of the molecule is CC(=O)NC1CCOc2c1cc(F)cc2C(O)C(C)(C)C. The number of carbonyl (C=O) groups excluding carboxylic acids is 1. The van der Waals surface area contributed by atoms with Gasteiger partial charge in [-0.25, -0.2) is 4.39 Å². The zero-order valence-electron chi connectivity index (χ0n) is 12.9. The van der Waals surface area contributed by atoms with Crippen molar-refractivity contribution in [3.63, 3.8) is 0 Å². The predicted octanol–water partition coefficient (Wildman–Crippen LogP) is 2.86. The second-order valence-electron chi connectivity index (χ2n) is 6.57. The van der Waals surface area contributed by atoms with Gasteiger partial charge in [0.05, 0.1) is 18.8 Å². The number of benzene rings is 1. The molecule has 4 nitrogen and oxygen atoms in total. The van der Waals surface area contributed by atoms with Crippen LogP contribution in [0.15, 0.2) is 12.1 Å². The number of aliphatic hydroxyl groups is 1. The highest BCUT2D eigenvalue weighted by molar-refractivity contribution is 5.73. The van der Waals surface area contributed by atoms with Crippen LogP contribution in [0.2, 0.25) is 0 Å². The zero-order valence-corrected chi connectivity index (χ0v) is 12.9. The lowest BCUT2D eigenvalue weighted by Gasteiger charge is -2.32. The third-order valence-corrected chi connectivity index (χ3v) is 3.63. The molecule has 5 heteroatoms. The highest BCUT2D eigenvalue weighted by Crippen LogP contribution is 2.43. The summed E-state index contributed by atoms with van der Waals surface area (Å²) >= 11 is 0. The molecule has 0 saturated carbocycles. The van der Waals surface area contributed by atoms with Crippen LogP contribution < -0.4 is 10.1 Å². The van der Waals surface area contributed by atoms with Gasteiger partial charge in [0.1, 0.15) is 11.6 Å². The third-order valence-electron chi connectivity index (χ3n) is 3.63. The summed E-state index contributed by atoms with van der Waals surface area (Å²) < 4.78 is 19.6. The van der Waals surface area contributed by atoms with E-state index in [0.29, 0.717) is 29.9 Å². The predicted molar refractivity (Wildman–Crippen MR) is 77.5 cm³/mol. The summed E-state index contributed by atoms with van der Waals surface area (Å²) in [5, 5.41) is 13.3. The number of ether oxygens (including phenoxy) is 1. The molecule has 116 valence electrons. The summed E-state index contributed by atoms with van der Waals surface area (Å²) in [5.41, 5.74) is 0.591. The van der Waals surface area contributed by atoms with E-state index in [9.17, 15) is 14.3 Å². The van der Waals surface area contributed by atoms with Crippen molar-refractivity contribution >= 4 is 5.91 Å². The van der Waals surface area contributed by atoms with Gasteiger partial charge < -0.3 is 15.2 Å². The van der Waals surface area contributed by atoms with Crippen LogP contribution >= 0.6 is 0 Å². The Hall–Kier alpha value is -1.62. The lowest BCUT2D eigenvalue weighted by molar-refractivity contribution is -0.119. The molecule has 0 radical (unpaired) electrons. The largest absolute Gasteiger partial charge is 0.493 e. The molecule has 2 atom stereocenters. The second-order valence-corrected chi connectivity index (χ2v) is 6.57. The summed E-state index contributed by atoms with van der Waals surface area (Å²) in [7, 11) is 0. The molecule has 0 aromatic heterocycles. The number of amides is 1. The van der Waals surface area contributed by atoms with Crippen molar-refractivity contribution in [1.29, 1.82) is 0 Å². The highest BCUT2D eigenvalue weighted by atomic mass is 19.1. The number of hydrogen-bond acceptors (Lipinski definition) is 3. The van der Waals surface area contributed by atoms with Crippen LogP contribution in [0.4, 0.5) is 4.39 Å². The average Bonchev–Trinajstić information content (AvgIpc) is 2.36. The second kappa shape index (κ2) is 5.64. The minimum Gasteiger partial charge on any atom is -0.493 e. The molecule has 2 rings (SSSR count). The van der Waals surface area contributed by atoms with E-state index >= 15 is 0 Å². The Morgan fingerprint density at radius 1 is 1.48 bits per heavy atom. The number of rotatable bonds is 2. The molecule has 0 aliphatic carbocycles. The molecule has 1 aromatic rings. The van der Waals surface area contributed by atoms with Gasteiger partial charge in [-0.05, 0) is 17.5 Å². The van der Waals surface area contributed by atoms with E-state index in [0.717, 1.165) is 0 Å². The smallest absolute Gasteiger partial charge is 0.217 e. The fourth-order valence-electron chi connectivity index (χ4n) is 2.56. The minimum atomic E-state index is -0.849. The van der Waals surface area contributed by atoms with Gasteiger partial charge in [0.25, 0.3) is 0 Å². The monoisotopic (exact) mass is 295 g/mol. The Balaban J connectivity index is 2.50. The van der Waals surface area contributed by atoms with Crippen LogP contribution in [0.25, 0.3) is 0 Å². The first kappa shape index (κ1) is 15.8. The maximum absolute atomic E-state index is 13.9. The molecule has 0 fully saturated rings. The molecular formula is C16H22FNO3. The fraction of sp³-hybridized carbons (Fsp3) is 0.562. The number of hydrogen-bond donors (Lipinski definition) is 2. The van der Waals surface area contributed by atoms with E-state index in [1.807, 2.05) is 20.8 Å². The Morgan fingerprint density at radius 2 is 2.14 bits per heavy atom. The molecule has 2 unspecified atom stereocenters. The van der Waals surface area contributed by atoms with E-state index in [1.54, 1.807) is 0 Å². The van der Waals surface area contributed by atoms with Gasteiger partial charge in [-0.3, -0.25) is 4.79 Å². The summed E-state index contributed by atoms with van der Waals surface area (Å²) in [4.78, 5) is 11.3. The molecule has 2 N–H and O–H groups in total. The first-order chi connectivity index (χ1) is 9.70. The van der Waals surface area contributed by atoms with Gasteiger partial charge in [0.2, 0.25) is 5.91 Å². The summed E-state index contributed by atoms with van der Waals surface area (Å²) in [5.74, 6) is -0.119. The standard InChI is InChI=1S/C16H22FNO3/c1-9(19)18-13-5-6-21-14-11(13)7-10(17)8-12(14)15(20)16(2,3)4/h7-8,13,15,20H,5-6H2,1-4H3,(H,18,19). The molecule has 1 aromatic carbocycles. The van der Waals surface area contributed by atoms with Crippen LogP contribution in [0.3, 0.4) is 0 Å². The van der Waals surface area contributed by atoms with Gasteiger partial charge in [-0.15, -0.1) is 0 Å². The normalized spacial score (nSPS) is 19.4. The van der Waals surface area contributed by atoms with Gasteiger partial charge in [-0.2, -0.15) is 0 Å². The van der Waals surface area contributed by atoms with Crippen molar-refractivity contribution in [1.82, 2.24) is 5.32 Å². The van der Waals surface area contributed by atoms with Gasteiger partial charge in [-0.1, -0.05) is 20.8 Å². The van der Waals surface area contributed by atoms with Crippen LogP contribution in [-0.2, 0) is 4.79 Å². The molecular weight excluding hydrogens is 273 g/mol. The van der Waals surface area contributed by atoms with Gasteiger partial charge in [0.15, 0.2) is 0 Å². The van der Waals surface area contributed by atoms with E-state index in [2.05, 4.69) is 5.32 Å². The first-order valence-corrected chi connectivity index (χ1v) is 7.11. The van der Waals surface area contributed by atoms with Crippen molar-refractivity contribution in [2.45, 2.75) is 46.3 Å². The molecule has 1 aliphatic heterocycles. The van der Waals surface area contributed by atoms with Crippen molar-refractivity contribution in [2.24, 2.45) is 5.41 Å². The van der Waals surface area contributed by atoms with Crippen molar-refractivity contribution in [3.8, 4) is 5.75 Å². The molecule has 0 bridgehead atoms.